The van der Waals surface area contributed by atoms with Crippen LogP contribution in [0.2, 0.25) is 0 Å². The summed E-state index contributed by atoms with van der Waals surface area (Å²) in [5, 5.41) is 2.69. The monoisotopic (exact) mass is 371 g/mol. The van der Waals surface area contributed by atoms with Crippen molar-refractivity contribution in [2.24, 2.45) is 0 Å². The van der Waals surface area contributed by atoms with E-state index in [1.807, 2.05) is 0 Å². The normalized spacial score (nSPS) is 17.1. The summed E-state index contributed by atoms with van der Waals surface area (Å²) in [6.45, 7) is 0.877. The summed E-state index contributed by atoms with van der Waals surface area (Å²) >= 11 is 3.29. The molecule has 1 aromatic carbocycles. The van der Waals surface area contributed by atoms with Crippen molar-refractivity contribution in [3.05, 3.63) is 28.2 Å². The Morgan fingerprint density at radius 2 is 2.27 bits per heavy atom. The zero-order valence-corrected chi connectivity index (χ0v) is 13.9. The molecule has 1 saturated heterocycles. The third kappa shape index (κ3) is 4.71. The Hall–Kier alpha value is -1.60. The summed E-state index contributed by atoms with van der Waals surface area (Å²) in [7, 11) is 1.54. The maximum atomic E-state index is 11.9. The molecule has 1 aliphatic rings. The molecular formula is C15H18BrNO5. The second kappa shape index (κ2) is 8.14. The number of carbonyl (C=O) groups is 2. The standard InChI is InChI=1S/C15H18BrNO5/c1-20-13-5-4-10(7-12(13)16)15(19)22-9-14(18)17-8-11-3-2-6-21-11/h4-5,7,11H,2-3,6,8-9H2,1H3,(H,17,18)/t11-/m0/s1. The predicted molar refractivity (Wildman–Crippen MR) is 83.0 cm³/mol. The zero-order valence-electron chi connectivity index (χ0n) is 12.3. The van der Waals surface area contributed by atoms with Crippen molar-refractivity contribution in [2.45, 2.75) is 18.9 Å². The molecule has 0 bridgehead atoms. The Labute approximate surface area is 137 Å². The maximum absolute atomic E-state index is 11.9. The third-order valence-corrected chi connectivity index (χ3v) is 3.89. The van der Waals surface area contributed by atoms with Gasteiger partial charge in [-0.25, -0.2) is 4.79 Å². The molecule has 0 unspecified atom stereocenters. The van der Waals surface area contributed by atoms with E-state index < -0.39 is 5.97 Å². The molecular weight excluding hydrogens is 354 g/mol. The predicted octanol–water partition coefficient (Wildman–Crippen LogP) is 1.91. The minimum Gasteiger partial charge on any atom is -0.496 e. The highest BCUT2D eigenvalue weighted by Gasteiger charge is 2.17. The highest BCUT2D eigenvalue weighted by Crippen LogP contribution is 2.25. The van der Waals surface area contributed by atoms with E-state index in [0.717, 1.165) is 19.4 Å². The second-order valence-corrected chi connectivity index (χ2v) is 5.72. The summed E-state index contributed by atoms with van der Waals surface area (Å²) in [5.41, 5.74) is 0.347. The van der Waals surface area contributed by atoms with Gasteiger partial charge in [0.15, 0.2) is 6.61 Å². The van der Waals surface area contributed by atoms with E-state index in [-0.39, 0.29) is 18.6 Å². The van der Waals surface area contributed by atoms with Gasteiger partial charge in [0.05, 0.1) is 23.2 Å². The summed E-state index contributed by atoms with van der Waals surface area (Å²) in [6.07, 6.45) is 2.03. The fourth-order valence-corrected chi connectivity index (χ4v) is 2.63. The number of nitrogens with one attached hydrogen (secondary N) is 1. The molecule has 1 amide bonds. The van der Waals surface area contributed by atoms with Crippen molar-refractivity contribution < 1.29 is 23.8 Å². The van der Waals surface area contributed by atoms with Crippen LogP contribution in [0.3, 0.4) is 0 Å². The van der Waals surface area contributed by atoms with Crippen LogP contribution in [0.25, 0.3) is 0 Å². The third-order valence-electron chi connectivity index (χ3n) is 3.27. The second-order valence-electron chi connectivity index (χ2n) is 4.86. The molecule has 6 nitrogen and oxygen atoms in total. The smallest absolute Gasteiger partial charge is 0.338 e. The first kappa shape index (κ1) is 16.8. The number of benzene rings is 1. The van der Waals surface area contributed by atoms with E-state index in [2.05, 4.69) is 21.2 Å². The molecule has 0 aliphatic carbocycles. The van der Waals surface area contributed by atoms with Crippen LogP contribution in [-0.2, 0) is 14.3 Å². The average Bonchev–Trinajstić information content (AvgIpc) is 3.03. The van der Waals surface area contributed by atoms with Crippen LogP contribution in [0.15, 0.2) is 22.7 Å². The van der Waals surface area contributed by atoms with Crippen molar-refractivity contribution in [3.63, 3.8) is 0 Å². The fourth-order valence-electron chi connectivity index (χ4n) is 2.09. The van der Waals surface area contributed by atoms with E-state index in [1.54, 1.807) is 18.2 Å². The van der Waals surface area contributed by atoms with Crippen LogP contribution < -0.4 is 10.1 Å². The first-order chi connectivity index (χ1) is 10.6. The SMILES string of the molecule is COc1ccc(C(=O)OCC(=O)NC[C@@H]2CCCO2)cc1Br. The Kier molecular flexibility index (Phi) is 6.21. The summed E-state index contributed by atoms with van der Waals surface area (Å²) < 4.78 is 16.1. The molecule has 2 rings (SSSR count). The Morgan fingerprint density at radius 3 is 2.91 bits per heavy atom. The van der Waals surface area contributed by atoms with Crippen LogP contribution in [0, 0.1) is 0 Å². The number of hydrogen-bond donors (Lipinski definition) is 1. The highest BCUT2D eigenvalue weighted by molar-refractivity contribution is 9.10. The van der Waals surface area contributed by atoms with Gasteiger partial charge in [-0.05, 0) is 47.0 Å². The van der Waals surface area contributed by atoms with Crippen molar-refractivity contribution in [1.82, 2.24) is 5.32 Å². The van der Waals surface area contributed by atoms with Gasteiger partial charge in [0.25, 0.3) is 5.91 Å². The molecule has 1 heterocycles. The number of ether oxygens (including phenoxy) is 3. The summed E-state index contributed by atoms with van der Waals surface area (Å²) in [6, 6.07) is 4.82. The number of hydrogen-bond acceptors (Lipinski definition) is 5. The lowest BCUT2D eigenvalue weighted by Gasteiger charge is -2.11. The number of esters is 1. The molecule has 1 atom stereocenters. The molecule has 1 aromatic rings. The number of rotatable bonds is 6. The van der Waals surface area contributed by atoms with Crippen molar-refractivity contribution in [2.75, 3.05) is 26.9 Å². The van der Waals surface area contributed by atoms with Crippen LogP contribution in [0.4, 0.5) is 0 Å². The number of amides is 1. The van der Waals surface area contributed by atoms with Gasteiger partial charge < -0.3 is 19.5 Å². The van der Waals surface area contributed by atoms with Crippen LogP contribution in [-0.4, -0.2) is 44.8 Å². The largest absolute Gasteiger partial charge is 0.496 e. The lowest BCUT2D eigenvalue weighted by molar-refractivity contribution is -0.124. The topological polar surface area (TPSA) is 73.9 Å². The lowest BCUT2D eigenvalue weighted by Crippen LogP contribution is -2.34. The van der Waals surface area contributed by atoms with Gasteiger partial charge in [0.2, 0.25) is 0 Å². The number of carbonyl (C=O) groups excluding carboxylic acids is 2. The van der Waals surface area contributed by atoms with Gasteiger partial charge in [-0.2, -0.15) is 0 Å². The van der Waals surface area contributed by atoms with E-state index >= 15 is 0 Å². The number of halogens is 1. The molecule has 1 aliphatic heterocycles. The minimum absolute atomic E-state index is 0.0668. The van der Waals surface area contributed by atoms with E-state index in [0.29, 0.717) is 22.3 Å². The Morgan fingerprint density at radius 1 is 1.45 bits per heavy atom. The molecule has 0 spiro atoms. The van der Waals surface area contributed by atoms with Crippen molar-refractivity contribution >= 4 is 27.8 Å². The maximum Gasteiger partial charge on any atom is 0.338 e. The average molecular weight is 372 g/mol. The summed E-state index contributed by atoms with van der Waals surface area (Å²) in [5.74, 6) is -0.280. The van der Waals surface area contributed by atoms with Crippen molar-refractivity contribution in [3.8, 4) is 5.75 Å². The molecule has 1 N–H and O–H groups in total. The first-order valence-corrected chi connectivity index (χ1v) is 7.78. The number of methoxy groups -OCH3 is 1. The molecule has 0 radical (unpaired) electrons. The van der Waals surface area contributed by atoms with Gasteiger partial charge in [-0.3, -0.25) is 4.79 Å². The van der Waals surface area contributed by atoms with Crippen LogP contribution in [0.1, 0.15) is 23.2 Å². The van der Waals surface area contributed by atoms with Gasteiger partial charge in [-0.1, -0.05) is 0 Å². The first-order valence-electron chi connectivity index (χ1n) is 6.99. The molecule has 120 valence electrons. The minimum atomic E-state index is -0.560. The van der Waals surface area contributed by atoms with E-state index in [9.17, 15) is 9.59 Å². The molecule has 7 heteroatoms. The highest BCUT2D eigenvalue weighted by atomic mass is 79.9. The van der Waals surface area contributed by atoms with E-state index in [1.165, 1.54) is 7.11 Å². The van der Waals surface area contributed by atoms with Gasteiger partial charge in [0.1, 0.15) is 5.75 Å². The van der Waals surface area contributed by atoms with Crippen LogP contribution >= 0.6 is 15.9 Å². The van der Waals surface area contributed by atoms with Gasteiger partial charge >= 0.3 is 5.97 Å². The zero-order chi connectivity index (χ0) is 15.9. The van der Waals surface area contributed by atoms with Crippen molar-refractivity contribution in [1.29, 1.82) is 0 Å². The summed E-state index contributed by atoms with van der Waals surface area (Å²) in [4.78, 5) is 23.5. The van der Waals surface area contributed by atoms with Crippen LogP contribution in [0.5, 0.6) is 5.75 Å². The molecule has 0 saturated carbocycles. The Balaban J connectivity index is 1.76. The quantitative estimate of drug-likeness (QED) is 0.773. The van der Waals surface area contributed by atoms with Gasteiger partial charge in [-0.15, -0.1) is 0 Å². The fraction of sp³-hybridized carbons (Fsp3) is 0.467. The van der Waals surface area contributed by atoms with E-state index in [4.69, 9.17) is 14.2 Å². The lowest BCUT2D eigenvalue weighted by atomic mass is 10.2. The Bertz CT molecular complexity index is 543. The van der Waals surface area contributed by atoms with Gasteiger partial charge in [0, 0.05) is 13.2 Å². The molecule has 22 heavy (non-hydrogen) atoms. The molecule has 1 fully saturated rings. The molecule has 0 aromatic heterocycles.